The lowest BCUT2D eigenvalue weighted by Crippen LogP contribution is -2.43. The van der Waals surface area contributed by atoms with Gasteiger partial charge in [0, 0.05) is 18.5 Å². The summed E-state index contributed by atoms with van der Waals surface area (Å²) in [7, 11) is 0. The Bertz CT molecular complexity index is 545. The second kappa shape index (κ2) is 5.14. The van der Waals surface area contributed by atoms with Gasteiger partial charge in [0.2, 0.25) is 0 Å². The molecule has 3 rings (SSSR count). The van der Waals surface area contributed by atoms with Crippen molar-refractivity contribution in [1.29, 1.82) is 0 Å². The smallest absolute Gasteiger partial charge is 0.326 e. The first-order chi connectivity index (χ1) is 9.61. The van der Waals surface area contributed by atoms with Crippen molar-refractivity contribution in [2.45, 2.75) is 31.8 Å². The Balaban J connectivity index is 1.85. The van der Waals surface area contributed by atoms with Crippen molar-refractivity contribution >= 4 is 23.2 Å². The number of carbonyl (C=O) groups excluding carboxylic acids is 1. The van der Waals surface area contributed by atoms with E-state index in [1.54, 1.807) is 5.38 Å². The van der Waals surface area contributed by atoms with E-state index in [0.717, 1.165) is 19.3 Å². The van der Waals surface area contributed by atoms with Crippen molar-refractivity contribution in [3.8, 4) is 0 Å². The van der Waals surface area contributed by atoms with E-state index in [1.807, 2.05) is 0 Å². The highest BCUT2D eigenvalue weighted by molar-refractivity contribution is 7.09. The second-order valence-corrected chi connectivity index (χ2v) is 6.37. The minimum Gasteiger partial charge on any atom is -0.480 e. The molecule has 2 heterocycles. The molecule has 3 N–H and O–H groups in total. The van der Waals surface area contributed by atoms with E-state index in [2.05, 4.69) is 4.98 Å². The molecule has 2 aliphatic rings. The molecule has 2 fully saturated rings. The lowest BCUT2D eigenvalue weighted by atomic mass is 9.94. The molecule has 3 unspecified atom stereocenters. The van der Waals surface area contributed by atoms with Gasteiger partial charge < -0.3 is 15.7 Å². The predicted molar refractivity (Wildman–Crippen MR) is 73.3 cm³/mol. The number of likely N-dealkylation sites (tertiary alicyclic amines) is 1. The van der Waals surface area contributed by atoms with Gasteiger partial charge >= 0.3 is 5.97 Å². The van der Waals surface area contributed by atoms with Crippen molar-refractivity contribution in [2.24, 2.45) is 17.6 Å². The molecule has 1 saturated heterocycles. The van der Waals surface area contributed by atoms with Crippen molar-refractivity contribution < 1.29 is 14.7 Å². The van der Waals surface area contributed by atoms with E-state index < -0.39 is 12.0 Å². The van der Waals surface area contributed by atoms with Crippen LogP contribution in [0.25, 0.3) is 0 Å². The van der Waals surface area contributed by atoms with Crippen LogP contribution in [-0.4, -0.2) is 39.5 Å². The first-order valence-electron chi connectivity index (χ1n) is 6.80. The Labute approximate surface area is 120 Å². The number of rotatable bonds is 3. The molecule has 1 amide bonds. The maximum atomic E-state index is 12.5. The third-order valence-electron chi connectivity index (χ3n) is 4.35. The zero-order chi connectivity index (χ0) is 14.3. The third kappa shape index (κ3) is 2.10. The van der Waals surface area contributed by atoms with E-state index >= 15 is 0 Å². The summed E-state index contributed by atoms with van der Waals surface area (Å²) >= 11 is 1.34. The van der Waals surface area contributed by atoms with Crippen molar-refractivity contribution in [3.05, 3.63) is 16.1 Å². The first-order valence-corrected chi connectivity index (χ1v) is 7.68. The highest BCUT2D eigenvalue weighted by Gasteiger charge is 2.49. The number of aromatic nitrogens is 1. The Morgan fingerprint density at radius 3 is 2.95 bits per heavy atom. The summed E-state index contributed by atoms with van der Waals surface area (Å²) in [6.07, 6.45) is 2.98. The van der Waals surface area contributed by atoms with Crippen LogP contribution in [0, 0.1) is 11.8 Å². The number of carbonyl (C=O) groups is 2. The van der Waals surface area contributed by atoms with Gasteiger partial charge in [0.05, 0.1) is 0 Å². The number of carboxylic acid groups (broad SMARTS) is 1. The summed E-state index contributed by atoms with van der Waals surface area (Å²) < 4.78 is 0. The maximum absolute atomic E-state index is 12.5. The van der Waals surface area contributed by atoms with E-state index in [0.29, 0.717) is 29.7 Å². The quantitative estimate of drug-likeness (QED) is 0.864. The van der Waals surface area contributed by atoms with E-state index in [1.165, 1.54) is 16.2 Å². The molecule has 108 valence electrons. The fourth-order valence-electron chi connectivity index (χ4n) is 3.48. The molecule has 0 bridgehead atoms. The highest BCUT2D eigenvalue weighted by Crippen LogP contribution is 2.42. The molecule has 1 aromatic rings. The number of carboxylic acids is 1. The topological polar surface area (TPSA) is 96.5 Å². The zero-order valence-electron chi connectivity index (χ0n) is 11.0. The number of hydrogen-bond donors (Lipinski definition) is 2. The molecule has 7 heteroatoms. The van der Waals surface area contributed by atoms with Crippen molar-refractivity contribution in [3.63, 3.8) is 0 Å². The Morgan fingerprint density at radius 2 is 2.30 bits per heavy atom. The molecule has 0 spiro atoms. The standard InChI is InChI=1S/C13H17N3O3S/c14-4-10-15-9(6-20-10)12(17)16-5-7-2-1-3-8(7)11(16)13(18)19/h6-8,11H,1-5,14H2,(H,18,19). The van der Waals surface area contributed by atoms with Crippen LogP contribution in [-0.2, 0) is 11.3 Å². The number of thiazole rings is 1. The Morgan fingerprint density at radius 1 is 1.50 bits per heavy atom. The summed E-state index contributed by atoms with van der Waals surface area (Å²) in [5.74, 6) is -0.749. The maximum Gasteiger partial charge on any atom is 0.326 e. The summed E-state index contributed by atoms with van der Waals surface area (Å²) in [6, 6.07) is -0.696. The third-order valence-corrected chi connectivity index (χ3v) is 5.22. The number of nitrogens with two attached hydrogens (primary N) is 1. The molecule has 20 heavy (non-hydrogen) atoms. The monoisotopic (exact) mass is 295 g/mol. The molecule has 0 aromatic carbocycles. The fourth-order valence-corrected chi connectivity index (χ4v) is 4.13. The molecule has 0 radical (unpaired) electrons. The van der Waals surface area contributed by atoms with Crippen LogP contribution < -0.4 is 5.73 Å². The van der Waals surface area contributed by atoms with Crippen LogP contribution in [0.3, 0.4) is 0 Å². The molecule has 1 saturated carbocycles. The molecule has 6 nitrogen and oxygen atoms in total. The van der Waals surface area contributed by atoms with Gasteiger partial charge in [-0.3, -0.25) is 4.79 Å². The van der Waals surface area contributed by atoms with Gasteiger partial charge in [-0.15, -0.1) is 11.3 Å². The van der Waals surface area contributed by atoms with Gasteiger partial charge in [-0.05, 0) is 24.7 Å². The highest BCUT2D eigenvalue weighted by atomic mass is 32.1. The average Bonchev–Trinajstić information content (AvgIpc) is 3.11. The number of nitrogens with zero attached hydrogens (tertiary/aromatic N) is 2. The SMILES string of the molecule is NCc1nc(C(=O)N2CC3CCCC3C2C(=O)O)cs1. The van der Waals surface area contributed by atoms with Crippen LogP contribution in [0.2, 0.25) is 0 Å². The predicted octanol–water partition coefficient (Wildman–Crippen LogP) is 0.927. The van der Waals surface area contributed by atoms with Gasteiger partial charge in [-0.25, -0.2) is 9.78 Å². The van der Waals surface area contributed by atoms with Crippen LogP contribution >= 0.6 is 11.3 Å². The fraction of sp³-hybridized carbons (Fsp3) is 0.615. The lowest BCUT2D eigenvalue weighted by Gasteiger charge is -2.23. The van der Waals surface area contributed by atoms with Crippen molar-refractivity contribution in [2.75, 3.05) is 6.54 Å². The van der Waals surface area contributed by atoms with E-state index in [-0.39, 0.29) is 11.8 Å². The van der Waals surface area contributed by atoms with Gasteiger partial charge in [-0.2, -0.15) is 0 Å². The lowest BCUT2D eigenvalue weighted by molar-refractivity contribution is -0.142. The molecule has 1 aliphatic carbocycles. The summed E-state index contributed by atoms with van der Waals surface area (Å²) in [4.78, 5) is 29.7. The van der Waals surface area contributed by atoms with E-state index in [9.17, 15) is 14.7 Å². The molecular formula is C13H17N3O3S. The minimum atomic E-state index is -0.901. The number of amides is 1. The molecular weight excluding hydrogens is 278 g/mol. The normalized spacial score (nSPS) is 28.6. The van der Waals surface area contributed by atoms with Crippen LogP contribution in [0.4, 0.5) is 0 Å². The van der Waals surface area contributed by atoms with E-state index in [4.69, 9.17) is 5.73 Å². The van der Waals surface area contributed by atoms with Gasteiger partial charge in [0.15, 0.2) is 0 Å². The minimum absolute atomic E-state index is 0.101. The van der Waals surface area contributed by atoms with Gasteiger partial charge in [0.1, 0.15) is 16.7 Å². The number of fused-ring (bicyclic) bond motifs is 1. The molecule has 3 atom stereocenters. The Kier molecular flexibility index (Phi) is 3.47. The first kappa shape index (κ1) is 13.5. The van der Waals surface area contributed by atoms with Crippen LogP contribution in [0.5, 0.6) is 0 Å². The summed E-state index contributed by atoms with van der Waals surface area (Å²) in [5.41, 5.74) is 5.82. The largest absolute Gasteiger partial charge is 0.480 e. The van der Waals surface area contributed by atoms with Crippen LogP contribution in [0.1, 0.15) is 34.8 Å². The number of hydrogen-bond acceptors (Lipinski definition) is 5. The van der Waals surface area contributed by atoms with Crippen molar-refractivity contribution in [1.82, 2.24) is 9.88 Å². The summed E-state index contributed by atoms with van der Waals surface area (Å²) in [6.45, 7) is 0.835. The second-order valence-electron chi connectivity index (χ2n) is 5.43. The zero-order valence-corrected chi connectivity index (χ0v) is 11.8. The summed E-state index contributed by atoms with van der Waals surface area (Å²) in [5, 5.41) is 11.8. The molecule has 1 aliphatic heterocycles. The van der Waals surface area contributed by atoms with Gasteiger partial charge in [-0.1, -0.05) is 6.42 Å². The number of aliphatic carboxylic acids is 1. The molecule has 1 aromatic heterocycles. The van der Waals surface area contributed by atoms with Gasteiger partial charge in [0.25, 0.3) is 5.91 Å². The van der Waals surface area contributed by atoms with Crippen LogP contribution in [0.15, 0.2) is 5.38 Å². The Hall–Kier alpha value is -1.47. The average molecular weight is 295 g/mol.